The molecule has 3 aromatic carbocycles. The number of ether oxygens (including phenoxy) is 1. The molecule has 1 N–H and O–H groups in total. The highest BCUT2D eigenvalue weighted by Gasteiger charge is 2.15. The average molecular weight is 427 g/mol. The van der Waals surface area contributed by atoms with E-state index in [1.165, 1.54) is 10.8 Å². The van der Waals surface area contributed by atoms with E-state index in [0.29, 0.717) is 12.8 Å². The molecule has 0 aliphatic heterocycles. The Morgan fingerprint density at radius 3 is 2.37 bits per heavy atom. The van der Waals surface area contributed by atoms with Gasteiger partial charge in [-0.3, -0.25) is 4.79 Å². The third-order valence-corrected chi connectivity index (χ3v) is 5.18. The van der Waals surface area contributed by atoms with E-state index >= 15 is 0 Å². The zero-order valence-corrected chi connectivity index (χ0v) is 18.7. The molecule has 30 heavy (non-hydrogen) atoms. The first-order valence-electron chi connectivity index (χ1n) is 10.1. The summed E-state index contributed by atoms with van der Waals surface area (Å²) >= 11 is 0. The molecule has 1 unspecified atom stereocenters. The number of hydrogen-bond acceptors (Lipinski definition) is 3. The van der Waals surface area contributed by atoms with Crippen LogP contribution in [0.4, 0.5) is 0 Å². The van der Waals surface area contributed by atoms with Crippen molar-refractivity contribution in [3.05, 3.63) is 77.9 Å². The van der Waals surface area contributed by atoms with Crippen molar-refractivity contribution in [1.82, 2.24) is 10.2 Å². The highest BCUT2D eigenvalue weighted by atomic mass is 35.5. The molecule has 3 aromatic rings. The Labute approximate surface area is 185 Å². The van der Waals surface area contributed by atoms with Crippen molar-refractivity contribution in [3.8, 4) is 5.75 Å². The summed E-state index contributed by atoms with van der Waals surface area (Å²) in [5.41, 5.74) is 2.29. The van der Waals surface area contributed by atoms with Gasteiger partial charge >= 0.3 is 0 Å². The summed E-state index contributed by atoms with van der Waals surface area (Å²) in [7, 11) is 5.77. The Morgan fingerprint density at radius 1 is 1.00 bits per heavy atom. The monoisotopic (exact) mass is 426 g/mol. The van der Waals surface area contributed by atoms with Gasteiger partial charge < -0.3 is 15.0 Å². The first-order chi connectivity index (χ1) is 14.0. The summed E-state index contributed by atoms with van der Waals surface area (Å²) in [6, 6.07) is 22.7. The molecule has 4 nitrogen and oxygen atoms in total. The van der Waals surface area contributed by atoms with Gasteiger partial charge in [0.25, 0.3) is 0 Å². The van der Waals surface area contributed by atoms with Crippen LogP contribution >= 0.6 is 12.4 Å². The van der Waals surface area contributed by atoms with Crippen molar-refractivity contribution in [2.45, 2.75) is 25.3 Å². The van der Waals surface area contributed by atoms with Gasteiger partial charge in [0.15, 0.2) is 0 Å². The number of methoxy groups -OCH3 is 1. The quantitative estimate of drug-likeness (QED) is 0.522. The van der Waals surface area contributed by atoms with Crippen LogP contribution in [0.1, 0.15) is 30.0 Å². The SMILES string of the molecule is COc1ccc(CCC(=O)NC(CCN(C)C)c2ccc3ccccc3c2)cc1.Cl. The van der Waals surface area contributed by atoms with Gasteiger partial charge in [0.05, 0.1) is 13.2 Å². The molecular weight excluding hydrogens is 396 g/mol. The van der Waals surface area contributed by atoms with Crippen LogP contribution in [0.2, 0.25) is 0 Å². The summed E-state index contributed by atoms with van der Waals surface area (Å²) in [6.07, 6.45) is 2.06. The van der Waals surface area contributed by atoms with E-state index in [2.05, 4.69) is 54.6 Å². The second-order valence-electron chi connectivity index (χ2n) is 7.67. The van der Waals surface area contributed by atoms with Crippen LogP contribution in [0, 0.1) is 0 Å². The van der Waals surface area contributed by atoms with Crippen molar-refractivity contribution in [2.24, 2.45) is 0 Å². The summed E-state index contributed by atoms with van der Waals surface area (Å²) in [5, 5.41) is 5.67. The number of nitrogens with one attached hydrogen (secondary N) is 1. The summed E-state index contributed by atoms with van der Waals surface area (Å²) in [6.45, 7) is 0.913. The van der Waals surface area contributed by atoms with E-state index < -0.39 is 0 Å². The number of carbonyl (C=O) groups is 1. The Balaban J connectivity index is 0.00000320. The molecule has 0 heterocycles. The minimum atomic E-state index is 0. The molecule has 160 valence electrons. The van der Waals surface area contributed by atoms with Crippen molar-refractivity contribution in [2.75, 3.05) is 27.7 Å². The second kappa shape index (κ2) is 11.6. The van der Waals surface area contributed by atoms with Gasteiger partial charge in [-0.25, -0.2) is 0 Å². The van der Waals surface area contributed by atoms with Crippen LogP contribution in [0.15, 0.2) is 66.7 Å². The molecule has 0 fully saturated rings. The molecule has 1 amide bonds. The molecule has 0 aromatic heterocycles. The lowest BCUT2D eigenvalue weighted by atomic mass is 9.99. The molecule has 5 heteroatoms. The summed E-state index contributed by atoms with van der Waals surface area (Å²) in [5.74, 6) is 0.913. The van der Waals surface area contributed by atoms with E-state index in [0.717, 1.165) is 29.8 Å². The lowest BCUT2D eigenvalue weighted by molar-refractivity contribution is -0.121. The fourth-order valence-corrected chi connectivity index (χ4v) is 3.45. The standard InChI is InChI=1S/C25H30N2O2.ClH/c1-27(2)17-16-24(22-12-11-20-6-4-5-7-21(20)18-22)26-25(28)15-10-19-8-13-23(29-3)14-9-19;/h4-9,11-14,18,24H,10,15-17H2,1-3H3,(H,26,28);1H. The van der Waals surface area contributed by atoms with Gasteiger partial charge in [-0.2, -0.15) is 0 Å². The molecule has 0 saturated heterocycles. The molecule has 0 bridgehead atoms. The van der Waals surface area contributed by atoms with E-state index in [9.17, 15) is 4.79 Å². The molecule has 3 rings (SSSR count). The minimum absolute atomic E-state index is 0. The Kier molecular flexibility index (Phi) is 9.15. The maximum Gasteiger partial charge on any atom is 0.220 e. The summed E-state index contributed by atoms with van der Waals surface area (Å²) < 4.78 is 5.19. The molecule has 0 saturated carbocycles. The largest absolute Gasteiger partial charge is 0.497 e. The van der Waals surface area contributed by atoms with Gasteiger partial charge in [0.1, 0.15) is 5.75 Å². The first kappa shape index (κ1) is 23.7. The van der Waals surface area contributed by atoms with Crippen LogP contribution in [0.25, 0.3) is 10.8 Å². The number of benzene rings is 3. The number of rotatable bonds is 9. The van der Waals surface area contributed by atoms with Gasteiger partial charge in [0, 0.05) is 6.42 Å². The topological polar surface area (TPSA) is 41.6 Å². The third-order valence-electron chi connectivity index (χ3n) is 5.18. The Hall–Kier alpha value is -2.56. The molecule has 0 aliphatic rings. The van der Waals surface area contributed by atoms with E-state index in [4.69, 9.17) is 4.74 Å². The lowest BCUT2D eigenvalue weighted by Crippen LogP contribution is -2.31. The maximum atomic E-state index is 12.7. The molecule has 0 aliphatic carbocycles. The molecule has 0 spiro atoms. The zero-order valence-electron chi connectivity index (χ0n) is 17.9. The smallest absolute Gasteiger partial charge is 0.220 e. The normalized spacial score (nSPS) is 11.7. The number of aryl methyl sites for hydroxylation is 1. The van der Waals surface area contributed by atoms with Gasteiger partial charge in [0.2, 0.25) is 5.91 Å². The fraction of sp³-hybridized carbons (Fsp3) is 0.320. The van der Waals surface area contributed by atoms with Crippen LogP contribution in [-0.4, -0.2) is 38.6 Å². The van der Waals surface area contributed by atoms with E-state index in [1.807, 2.05) is 36.4 Å². The van der Waals surface area contributed by atoms with Crippen molar-refractivity contribution < 1.29 is 9.53 Å². The van der Waals surface area contributed by atoms with Crippen molar-refractivity contribution >= 4 is 29.1 Å². The number of halogens is 1. The Morgan fingerprint density at radius 2 is 1.70 bits per heavy atom. The average Bonchev–Trinajstić information content (AvgIpc) is 2.75. The Bertz CT molecular complexity index is 941. The van der Waals surface area contributed by atoms with E-state index in [-0.39, 0.29) is 24.4 Å². The van der Waals surface area contributed by atoms with Gasteiger partial charge in [-0.05, 0) is 73.6 Å². The molecule has 0 radical (unpaired) electrons. The first-order valence-corrected chi connectivity index (χ1v) is 10.1. The van der Waals surface area contributed by atoms with Crippen LogP contribution in [-0.2, 0) is 11.2 Å². The van der Waals surface area contributed by atoms with Gasteiger partial charge in [-0.1, -0.05) is 48.5 Å². The van der Waals surface area contributed by atoms with Crippen LogP contribution < -0.4 is 10.1 Å². The van der Waals surface area contributed by atoms with Crippen LogP contribution in [0.5, 0.6) is 5.75 Å². The fourth-order valence-electron chi connectivity index (χ4n) is 3.45. The molecule has 1 atom stereocenters. The maximum absolute atomic E-state index is 12.7. The highest BCUT2D eigenvalue weighted by molar-refractivity contribution is 5.85. The second-order valence-corrected chi connectivity index (χ2v) is 7.67. The predicted molar refractivity (Wildman–Crippen MR) is 127 cm³/mol. The number of amides is 1. The third kappa shape index (κ3) is 6.75. The van der Waals surface area contributed by atoms with Gasteiger partial charge in [-0.15, -0.1) is 12.4 Å². The highest BCUT2D eigenvalue weighted by Crippen LogP contribution is 2.23. The van der Waals surface area contributed by atoms with Crippen LogP contribution in [0.3, 0.4) is 0 Å². The van der Waals surface area contributed by atoms with E-state index in [1.54, 1.807) is 7.11 Å². The lowest BCUT2D eigenvalue weighted by Gasteiger charge is -2.22. The number of hydrogen-bond donors (Lipinski definition) is 1. The predicted octanol–water partition coefficient (Wildman–Crippen LogP) is 5.01. The number of fused-ring (bicyclic) bond motifs is 1. The minimum Gasteiger partial charge on any atom is -0.497 e. The van der Waals surface area contributed by atoms with Crippen molar-refractivity contribution in [1.29, 1.82) is 0 Å². The zero-order chi connectivity index (χ0) is 20.6. The van der Waals surface area contributed by atoms with Crippen molar-refractivity contribution in [3.63, 3.8) is 0 Å². The summed E-state index contributed by atoms with van der Waals surface area (Å²) in [4.78, 5) is 14.8. The molecular formula is C25H31ClN2O2. The number of carbonyl (C=O) groups excluding carboxylic acids is 1. The number of nitrogens with zero attached hydrogens (tertiary/aromatic N) is 1.